The Hall–Kier alpha value is -1.20. The van der Waals surface area contributed by atoms with Crippen molar-refractivity contribution in [2.45, 2.75) is 25.6 Å². The molecule has 82 valence electrons. The summed E-state index contributed by atoms with van der Waals surface area (Å²) >= 11 is 0. The molecular weight excluding hydrogens is 194 g/mol. The monoisotopic (exact) mass is 209 g/mol. The van der Waals surface area contributed by atoms with Crippen LogP contribution in [0.25, 0.3) is 0 Å². The van der Waals surface area contributed by atoms with E-state index in [1.807, 2.05) is 0 Å². The quantitative estimate of drug-likeness (QED) is 0.713. The molecule has 2 N–H and O–H groups in total. The van der Waals surface area contributed by atoms with Crippen LogP contribution in [-0.2, 0) is 6.61 Å². The van der Waals surface area contributed by atoms with Crippen LogP contribution in [0, 0.1) is 0 Å². The molecular formula is C10H15N3O2. The van der Waals surface area contributed by atoms with Gasteiger partial charge in [0.25, 0.3) is 0 Å². The minimum atomic E-state index is -0.185. The fourth-order valence-corrected chi connectivity index (χ4v) is 1.72. The molecule has 5 heteroatoms. The highest BCUT2D eigenvalue weighted by atomic mass is 16.3. The molecule has 1 saturated heterocycles. The number of anilines is 1. The van der Waals surface area contributed by atoms with Crippen molar-refractivity contribution in [2.75, 3.05) is 18.0 Å². The van der Waals surface area contributed by atoms with Gasteiger partial charge in [-0.05, 0) is 12.8 Å². The third kappa shape index (κ3) is 2.43. The maximum absolute atomic E-state index is 9.37. The number of hydrogen-bond donors (Lipinski definition) is 2. The van der Waals surface area contributed by atoms with E-state index >= 15 is 0 Å². The van der Waals surface area contributed by atoms with Gasteiger partial charge in [-0.1, -0.05) is 0 Å². The minimum Gasteiger partial charge on any atom is -0.393 e. The van der Waals surface area contributed by atoms with E-state index in [0.29, 0.717) is 5.69 Å². The van der Waals surface area contributed by atoms with Crippen LogP contribution in [-0.4, -0.2) is 39.4 Å². The highest BCUT2D eigenvalue weighted by Crippen LogP contribution is 2.17. The topological polar surface area (TPSA) is 69.5 Å². The Labute approximate surface area is 88.4 Å². The fourth-order valence-electron chi connectivity index (χ4n) is 1.72. The number of aliphatic hydroxyl groups excluding tert-OH is 2. The van der Waals surface area contributed by atoms with Gasteiger partial charge in [0.05, 0.1) is 30.8 Å². The Kier molecular flexibility index (Phi) is 3.13. The summed E-state index contributed by atoms with van der Waals surface area (Å²) in [6.07, 6.45) is 4.60. The van der Waals surface area contributed by atoms with Crippen molar-refractivity contribution in [1.29, 1.82) is 0 Å². The van der Waals surface area contributed by atoms with Crippen molar-refractivity contribution >= 4 is 5.82 Å². The molecule has 1 aliphatic rings. The van der Waals surface area contributed by atoms with Gasteiger partial charge in [-0.15, -0.1) is 0 Å². The second-order valence-corrected chi connectivity index (χ2v) is 3.74. The van der Waals surface area contributed by atoms with E-state index in [1.165, 1.54) is 0 Å². The van der Waals surface area contributed by atoms with Crippen LogP contribution >= 0.6 is 0 Å². The van der Waals surface area contributed by atoms with Crippen molar-refractivity contribution in [2.24, 2.45) is 0 Å². The lowest BCUT2D eigenvalue weighted by Crippen LogP contribution is -2.36. The maximum atomic E-state index is 9.37. The zero-order chi connectivity index (χ0) is 10.7. The maximum Gasteiger partial charge on any atom is 0.147 e. The predicted molar refractivity (Wildman–Crippen MR) is 55.4 cm³/mol. The highest BCUT2D eigenvalue weighted by molar-refractivity contribution is 5.36. The molecule has 0 spiro atoms. The normalized spacial score (nSPS) is 18.1. The first kappa shape index (κ1) is 10.3. The van der Waals surface area contributed by atoms with Gasteiger partial charge in [-0.25, -0.2) is 4.98 Å². The van der Waals surface area contributed by atoms with Crippen molar-refractivity contribution < 1.29 is 10.2 Å². The number of aliphatic hydroxyl groups is 2. The molecule has 0 unspecified atom stereocenters. The average Bonchev–Trinajstić information content (AvgIpc) is 2.30. The summed E-state index contributed by atoms with van der Waals surface area (Å²) in [7, 11) is 0. The van der Waals surface area contributed by atoms with E-state index in [2.05, 4.69) is 14.9 Å². The lowest BCUT2D eigenvalue weighted by molar-refractivity contribution is 0.145. The van der Waals surface area contributed by atoms with E-state index < -0.39 is 0 Å². The van der Waals surface area contributed by atoms with Crippen molar-refractivity contribution in [3.8, 4) is 0 Å². The highest BCUT2D eigenvalue weighted by Gasteiger charge is 2.18. The fraction of sp³-hybridized carbons (Fsp3) is 0.600. The molecule has 0 bridgehead atoms. The second kappa shape index (κ2) is 4.55. The zero-order valence-electron chi connectivity index (χ0n) is 8.50. The molecule has 0 atom stereocenters. The predicted octanol–water partition coefficient (Wildman–Crippen LogP) is -0.0700. The molecule has 0 saturated carbocycles. The van der Waals surface area contributed by atoms with E-state index in [-0.39, 0.29) is 12.7 Å². The Balaban J connectivity index is 2.08. The van der Waals surface area contributed by atoms with Crippen molar-refractivity contribution in [3.05, 3.63) is 18.1 Å². The summed E-state index contributed by atoms with van der Waals surface area (Å²) in [5, 5.41) is 18.3. The molecule has 1 aromatic rings. The van der Waals surface area contributed by atoms with E-state index in [0.717, 1.165) is 31.7 Å². The van der Waals surface area contributed by atoms with E-state index in [1.54, 1.807) is 12.4 Å². The SMILES string of the molecule is OCc1cncc(N2CCC(O)CC2)n1. The van der Waals surface area contributed by atoms with Crippen LogP contribution in [0.4, 0.5) is 5.82 Å². The van der Waals surface area contributed by atoms with Crippen LogP contribution in [0.15, 0.2) is 12.4 Å². The Morgan fingerprint density at radius 1 is 1.33 bits per heavy atom. The molecule has 2 rings (SSSR count). The number of nitrogens with zero attached hydrogens (tertiary/aromatic N) is 3. The number of rotatable bonds is 2. The average molecular weight is 209 g/mol. The molecule has 1 fully saturated rings. The van der Waals surface area contributed by atoms with Gasteiger partial charge in [0, 0.05) is 13.1 Å². The summed E-state index contributed by atoms with van der Waals surface area (Å²) in [6.45, 7) is 1.51. The molecule has 1 aliphatic heterocycles. The number of aromatic nitrogens is 2. The Morgan fingerprint density at radius 2 is 2.07 bits per heavy atom. The first-order valence-corrected chi connectivity index (χ1v) is 5.14. The van der Waals surface area contributed by atoms with Crippen LogP contribution in [0.3, 0.4) is 0 Å². The van der Waals surface area contributed by atoms with Gasteiger partial charge in [0.15, 0.2) is 0 Å². The minimum absolute atomic E-state index is 0.0860. The molecule has 2 heterocycles. The second-order valence-electron chi connectivity index (χ2n) is 3.74. The first-order chi connectivity index (χ1) is 7.29. The number of piperidine rings is 1. The summed E-state index contributed by atoms with van der Waals surface area (Å²) in [6, 6.07) is 0. The van der Waals surface area contributed by atoms with Crippen molar-refractivity contribution in [3.63, 3.8) is 0 Å². The van der Waals surface area contributed by atoms with Crippen LogP contribution < -0.4 is 4.90 Å². The van der Waals surface area contributed by atoms with Gasteiger partial charge in [-0.2, -0.15) is 0 Å². The first-order valence-electron chi connectivity index (χ1n) is 5.14. The van der Waals surface area contributed by atoms with Crippen LogP contribution in [0.5, 0.6) is 0 Å². The molecule has 5 nitrogen and oxygen atoms in total. The van der Waals surface area contributed by atoms with Crippen LogP contribution in [0.2, 0.25) is 0 Å². The lowest BCUT2D eigenvalue weighted by atomic mass is 10.1. The largest absolute Gasteiger partial charge is 0.393 e. The molecule has 0 aliphatic carbocycles. The molecule has 0 amide bonds. The summed E-state index contributed by atoms with van der Waals surface area (Å²) < 4.78 is 0. The third-order valence-electron chi connectivity index (χ3n) is 2.62. The molecule has 1 aromatic heterocycles. The molecule has 0 aromatic carbocycles. The summed E-state index contributed by atoms with van der Waals surface area (Å²) in [4.78, 5) is 10.4. The van der Waals surface area contributed by atoms with Gasteiger partial charge in [0.1, 0.15) is 5.82 Å². The van der Waals surface area contributed by atoms with E-state index in [9.17, 15) is 5.11 Å². The van der Waals surface area contributed by atoms with Gasteiger partial charge >= 0.3 is 0 Å². The standard InChI is InChI=1S/C10H15N3O2/c14-7-8-5-11-6-10(12-8)13-3-1-9(15)2-4-13/h5-6,9,14-15H,1-4,7H2. The number of hydrogen-bond acceptors (Lipinski definition) is 5. The Bertz CT molecular complexity index is 324. The van der Waals surface area contributed by atoms with Gasteiger partial charge < -0.3 is 15.1 Å². The van der Waals surface area contributed by atoms with Gasteiger partial charge in [-0.3, -0.25) is 4.98 Å². The summed E-state index contributed by atoms with van der Waals surface area (Å²) in [5.74, 6) is 0.786. The van der Waals surface area contributed by atoms with Crippen LogP contribution in [0.1, 0.15) is 18.5 Å². The smallest absolute Gasteiger partial charge is 0.147 e. The summed E-state index contributed by atoms with van der Waals surface area (Å²) in [5.41, 5.74) is 0.582. The lowest BCUT2D eigenvalue weighted by Gasteiger charge is -2.30. The Morgan fingerprint density at radius 3 is 2.73 bits per heavy atom. The van der Waals surface area contributed by atoms with E-state index in [4.69, 9.17) is 5.11 Å². The van der Waals surface area contributed by atoms with Gasteiger partial charge in [0.2, 0.25) is 0 Å². The zero-order valence-corrected chi connectivity index (χ0v) is 8.50. The molecule has 0 radical (unpaired) electrons. The molecule has 15 heavy (non-hydrogen) atoms. The van der Waals surface area contributed by atoms with Crippen molar-refractivity contribution in [1.82, 2.24) is 9.97 Å². The third-order valence-corrected chi connectivity index (χ3v) is 2.62.